The van der Waals surface area contributed by atoms with Crippen LogP contribution in [0.2, 0.25) is 0 Å². The first-order chi connectivity index (χ1) is 10.6. The van der Waals surface area contributed by atoms with Crippen molar-refractivity contribution in [3.63, 3.8) is 0 Å². The first-order valence-corrected chi connectivity index (χ1v) is 8.19. The summed E-state index contributed by atoms with van der Waals surface area (Å²) < 4.78 is 2.11. The molecule has 0 bridgehead atoms. The molecule has 0 amide bonds. The molecule has 22 heavy (non-hydrogen) atoms. The molecule has 3 rings (SSSR count). The Morgan fingerprint density at radius 1 is 1.32 bits per heavy atom. The Labute approximate surface area is 134 Å². The molecular weight excluding hydrogens is 292 g/mol. The number of hydrogen-bond donors (Lipinski definition) is 0. The number of nitriles is 1. The molecule has 0 atom stereocenters. The zero-order valence-electron chi connectivity index (χ0n) is 13.0. The van der Waals surface area contributed by atoms with Crippen LogP contribution in [0.4, 0.5) is 0 Å². The Morgan fingerprint density at radius 3 is 2.82 bits per heavy atom. The summed E-state index contributed by atoms with van der Waals surface area (Å²) in [6, 6.07) is 12.4. The van der Waals surface area contributed by atoms with Crippen LogP contribution in [0.25, 0.3) is 16.7 Å². The molecule has 2 aromatic heterocycles. The van der Waals surface area contributed by atoms with Gasteiger partial charge in [-0.1, -0.05) is 12.1 Å². The van der Waals surface area contributed by atoms with Gasteiger partial charge in [-0.3, -0.25) is 4.40 Å². The topological polar surface area (TPSA) is 44.3 Å². The minimum Gasteiger partial charge on any atom is -0.309 e. The van der Waals surface area contributed by atoms with E-state index in [9.17, 15) is 5.26 Å². The van der Waals surface area contributed by atoms with Crippen molar-refractivity contribution in [2.45, 2.75) is 11.9 Å². The fourth-order valence-corrected chi connectivity index (χ4v) is 3.73. The van der Waals surface area contributed by atoms with E-state index in [1.54, 1.807) is 11.8 Å². The Kier molecular flexibility index (Phi) is 4.06. The van der Waals surface area contributed by atoms with E-state index in [-0.39, 0.29) is 0 Å². The fourth-order valence-electron chi connectivity index (χ4n) is 2.49. The van der Waals surface area contributed by atoms with Crippen LogP contribution in [0, 0.1) is 18.3 Å². The van der Waals surface area contributed by atoms with Gasteiger partial charge in [0.1, 0.15) is 6.07 Å². The Balaban J connectivity index is 2.21. The Morgan fingerprint density at radius 2 is 2.09 bits per heavy atom. The maximum Gasteiger partial charge on any atom is 0.157 e. The summed E-state index contributed by atoms with van der Waals surface area (Å²) in [6.45, 7) is 2.99. The molecule has 4 nitrogen and oxygen atoms in total. The molecule has 0 aliphatic carbocycles. The minimum absolute atomic E-state index is 0.660. The van der Waals surface area contributed by atoms with E-state index >= 15 is 0 Å². The highest BCUT2D eigenvalue weighted by atomic mass is 32.2. The third-order valence-electron chi connectivity index (χ3n) is 3.64. The van der Waals surface area contributed by atoms with Crippen molar-refractivity contribution in [3.05, 3.63) is 41.5 Å². The summed E-state index contributed by atoms with van der Waals surface area (Å²) in [5, 5.41) is 10.6. The van der Waals surface area contributed by atoms with E-state index in [2.05, 4.69) is 46.6 Å². The van der Waals surface area contributed by atoms with E-state index in [0.717, 1.165) is 39.6 Å². The number of nitrogens with zero attached hydrogens (tertiary/aromatic N) is 4. The number of para-hydroxylation sites is 2. The second kappa shape index (κ2) is 5.99. The van der Waals surface area contributed by atoms with Crippen molar-refractivity contribution in [2.24, 2.45) is 0 Å². The number of hydrogen-bond acceptors (Lipinski definition) is 4. The third-order valence-corrected chi connectivity index (χ3v) is 4.62. The quantitative estimate of drug-likeness (QED) is 0.693. The molecule has 5 heteroatoms. The van der Waals surface area contributed by atoms with E-state index in [4.69, 9.17) is 0 Å². The lowest BCUT2D eigenvalue weighted by molar-refractivity contribution is 0.437. The second-order valence-corrected chi connectivity index (χ2v) is 6.68. The highest BCUT2D eigenvalue weighted by molar-refractivity contribution is 7.99. The molecule has 0 radical (unpaired) electrons. The van der Waals surface area contributed by atoms with Gasteiger partial charge in [0.25, 0.3) is 0 Å². The third kappa shape index (κ3) is 2.56. The Hall–Kier alpha value is -2.03. The van der Waals surface area contributed by atoms with E-state index in [0.29, 0.717) is 5.56 Å². The van der Waals surface area contributed by atoms with Crippen molar-refractivity contribution in [3.8, 4) is 6.07 Å². The SMILES string of the molecule is Cc1cc(SCCN(C)C)n2c(nc3ccccc32)c1C#N. The van der Waals surface area contributed by atoms with Crippen LogP contribution in [-0.2, 0) is 0 Å². The molecule has 0 saturated heterocycles. The zero-order chi connectivity index (χ0) is 15.7. The van der Waals surface area contributed by atoms with Gasteiger partial charge in [-0.05, 0) is 44.8 Å². The van der Waals surface area contributed by atoms with Crippen molar-refractivity contribution >= 4 is 28.4 Å². The number of imidazole rings is 1. The standard InChI is InChI=1S/C17H18N4S/c1-12-10-16(22-9-8-20(2)3)21-15-7-5-4-6-14(15)19-17(21)13(12)11-18/h4-7,10H,8-9H2,1-3H3. The molecular formula is C17H18N4S. The normalized spacial score (nSPS) is 11.4. The van der Waals surface area contributed by atoms with Crippen molar-refractivity contribution in [1.29, 1.82) is 5.26 Å². The maximum atomic E-state index is 9.46. The molecule has 0 unspecified atom stereocenters. The summed E-state index contributed by atoms with van der Waals surface area (Å²) in [6.07, 6.45) is 0. The molecule has 1 aromatic carbocycles. The van der Waals surface area contributed by atoms with E-state index in [1.165, 1.54) is 0 Å². The lowest BCUT2D eigenvalue weighted by atomic mass is 10.2. The van der Waals surface area contributed by atoms with Gasteiger partial charge in [0, 0.05) is 12.3 Å². The molecule has 0 fully saturated rings. The molecule has 0 N–H and O–H groups in total. The zero-order valence-corrected chi connectivity index (χ0v) is 13.8. The number of thioether (sulfide) groups is 1. The van der Waals surface area contributed by atoms with Crippen LogP contribution in [0.5, 0.6) is 0 Å². The van der Waals surface area contributed by atoms with Crippen LogP contribution in [0.1, 0.15) is 11.1 Å². The minimum atomic E-state index is 0.660. The lowest BCUT2D eigenvalue weighted by Crippen LogP contribution is -2.15. The molecule has 0 saturated carbocycles. The van der Waals surface area contributed by atoms with Gasteiger partial charge in [-0.2, -0.15) is 5.26 Å². The number of pyridine rings is 1. The Bertz CT molecular complexity index is 874. The molecule has 0 spiro atoms. The van der Waals surface area contributed by atoms with Gasteiger partial charge in [0.05, 0.1) is 21.6 Å². The van der Waals surface area contributed by atoms with Crippen molar-refractivity contribution in [1.82, 2.24) is 14.3 Å². The predicted octanol–water partition coefficient (Wildman–Crippen LogP) is 3.32. The molecule has 0 aliphatic heterocycles. The summed E-state index contributed by atoms with van der Waals surface area (Å²) in [4.78, 5) is 6.84. The van der Waals surface area contributed by atoms with Gasteiger partial charge < -0.3 is 4.90 Å². The summed E-state index contributed by atoms with van der Waals surface area (Å²) in [5.41, 5.74) is 4.39. The summed E-state index contributed by atoms with van der Waals surface area (Å²) in [7, 11) is 4.15. The lowest BCUT2D eigenvalue weighted by Gasteiger charge is -2.12. The first-order valence-electron chi connectivity index (χ1n) is 7.20. The molecule has 112 valence electrons. The number of rotatable bonds is 4. The largest absolute Gasteiger partial charge is 0.309 e. The van der Waals surface area contributed by atoms with Crippen LogP contribution in [0.3, 0.4) is 0 Å². The highest BCUT2D eigenvalue weighted by Gasteiger charge is 2.15. The average molecular weight is 310 g/mol. The predicted molar refractivity (Wildman–Crippen MR) is 91.4 cm³/mol. The molecule has 2 heterocycles. The van der Waals surface area contributed by atoms with Gasteiger partial charge >= 0.3 is 0 Å². The summed E-state index contributed by atoms with van der Waals surface area (Å²) >= 11 is 1.80. The van der Waals surface area contributed by atoms with Gasteiger partial charge in [-0.25, -0.2) is 4.98 Å². The smallest absolute Gasteiger partial charge is 0.157 e. The number of fused-ring (bicyclic) bond motifs is 3. The van der Waals surface area contributed by atoms with Gasteiger partial charge in [0.15, 0.2) is 5.65 Å². The van der Waals surface area contributed by atoms with E-state index < -0.39 is 0 Å². The monoisotopic (exact) mass is 310 g/mol. The summed E-state index contributed by atoms with van der Waals surface area (Å²) in [5.74, 6) is 1.000. The average Bonchev–Trinajstić information content (AvgIpc) is 2.86. The van der Waals surface area contributed by atoms with Crippen molar-refractivity contribution in [2.75, 3.05) is 26.4 Å². The number of benzene rings is 1. The molecule has 3 aromatic rings. The van der Waals surface area contributed by atoms with Crippen molar-refractivity contribution < 1.29 is 0 Å². The number of aryl methyl sites for hydroxylation is 1. The van der Waals surface area contributed by atoms with Crippen LogP contribution >= 0.6 is 11.8 Å². The van der Waals surface area contributed by atoms with Crippen LogP contribution in [0.15, 0.2) is 35.4 Å². The van der Waals surface area contributed by atoms with E-state index in [1.807, 2.05) is 25.1 Å². The fraction of sp³-hybridized carbons (Fsp3) is 0.294. The van der Waals surface area contributed by atoms with Gasteiger partial charge in [0.2, 0.25) is 0 Å². The molecule has 0 aliphatic rings. The highest BCUT2D eigenvalue weighted by Crippen LogP contribution is 2.29. The number of aromatic nitrogens is 2. The first kappa shape index (κ1) is 14.9. The van der Waals surface area contributed by atoms with Gasteiger partial charge in [-0.15, -0.1) is 11.8 Å². The second-order valence-electron chi connectivity index (χ2n) is 5.56. The van der Waals surface area contributed by atoms with Crippen LogP contribution in [-0.4, -0.2) is 40.7 Å². The maximum absolute atomic E-state index is 9.46. The van der Waals surface area contributed by atoms with Crippen LogP contribution < -0.4 is 0 Å².